The Morgan fingerprint density at radius 2 is 2.00 bits per heavy atom. The van der Waals surface area contributed by atoms with Crippen LogP contribution in [-0.4, -0.2) is 15.2 Å². The van der Waals surface area contributed by atoms with Crippen molar-refractivity contribution in [1.82, 2.24) is 15.2 Å². The fourth-order valence-corrected chi connectivity index (χ4v) is 1.16. The van der Waals surface area contributed by atoms with Gasteiger partial charge in [0, 0.05) is 5.69 Å². The molecule has 2 heterocycles. The Morgan fingerprint density at radius 1 is 1.18 bits per heavy atom. The highest BCUT2D eigenvalue weighted by Crippen LogP contribution is 2.10. The zero-order valence-electron chi connectivity index (χ0n) is 6.55. The van der Waals surface area contributed by atoms with Crippen LogP contribution in [0.4, 0.5) is 0 Å². The lowest BCUT2D eigenvalue weighted by Gasteiger charge is -1.88. The molecule has 1 N–H and O–H groups in total. The van der Waals surface area contributed by atoms with Crippen molar-refractivity contribution in [3.63, 3.8) is 0 Å². The zero-order valence-corrected chi connectivity index (χ0v) is 6.55. The molecule has 0 bridgehead atoms. The lowest BCUT2D eigenvalue weighted by Crippen LogP contribution is -1.84. The standard InChI is InChI=1S/C8H9N3/c1-5-3-8-7(9-5)4-6(2)10-11-8/h3-4,9H,1-2H3. The molecule has 0 saturated heterocycles. The van der Waals surface area contributed by atoms with Gasteiger partial charge in [0.05, 0.1) is 11.2 Å². The molecule has 3 nitrogen and oxygen atoms in total. The van der Waals surface area contributed by atoms with E-state index in [1.807, 2.05) is 26.0 Å². The van der Waals surface area contributed by atoms with Gasteiger partial charge in [0.1, 0.15) is 5.52 Å². The Balaban J connectivity index is 2.82. The first-order chi connectivity index (χ1) is 5.25. The monoisotopic (exact) mass is 147 g/mol. The molecule has 3 heteroatoms. The predicted molar refractivity (Wildman–Crippen MR) is 43.4 cm³/mol. The van der Waals surface area contributed by atoms with Crippen LogP contribution in [0.25, 0.3) is 11.0 Å². The molecule has 0 amide bonds. The molecule has 0 fully saturated rings. The summed E-state index contributed by atoms with van der Waals surface area (Å²) in [6, 6.07) is 3.98. The van der Waals surface area contributed by atoms with E-state index in [4.69, 9.17) is 0 Å². The molecule has 0 aromatic carbocycles. The summed E-state index contributed by atoms with van der Waals surface area (Å²) in [5.74, 6) is 0. The van der Waals surface area contributed by atoms with Crippen LogP contribution < -0.4 is 0 Å². The molecule has 0 aliphatic carbocycles. The van der Waals surface area contributed by atoms with Crippen molar-refractivity contribution in [1.29, 1.82) is 0 Å². The Labute approximate surface area is 64.5 Å². The van der Waals surface area contributed by atoms with E-state index in [2.05, 4.69) is 15.2 Å². The van der Waals surface area contributed by atoms with Crippen molar-refractivity contribution in [3.8, 4) is 0 Å². The molecule has 0 unspecified atom stereocenters. The third-order valence-electron chi connectivity index (χ3n) is 1.63. The number of fused-ring (bicyclic) bond motifs is 1. The number of H-pyrrole nitrogens is 1. The Hall–Kier alpha value is -1.38. The van der Waals surface area contributed by atoms with Crippen LogP contribution in [0.3, 0.4) is 0 Å². The molecule has 0 aliphatic heterocycles. The van der Waals surface area contributed by atoms with Gasteiger partial charge in [0.15, 0.2) is 0 Å². The maximum Gasteiger partial charge on any atom is 0.111 e. The highest BCUT2D eigenvalue weighted by molar-refractivity contribution is 5.75. The molecule has 11 heavy (non-hydrogen) atoms. The van der Waals surface area contributed by atoms with E-state index < -0.39 is 0 Å². The lowest BCUT2D eigenvalue weighted by atomic mass is 10.3. The van der Waals surface area contributed by atoms with Gasteiger partial charge in [-0.3, -0.25) is 0 Å². The van der Waals surface area contributed by atoms with Crippen molar-refractivity contribution in [2.45, 2.75) is 13.8 Å². The highest BCUT2D eigenvalue weighted by Gasteiger charge is 1.98. The van der Waals surface area contributed by atoms with Crippen LogP contribution in [0.15, 0.2) is 12.1 Å². The smallest absolute Gasteiger partial charge is 0.111 e. The summed E-state index contributed by atoms with van der Waals surface area (Å²) in [6.45, 7) is 3.94. The quantitative estimate of drug-likeness (QED) is 0.614. The topological polar surface area (TPSA) is 41.6 Å². The van der Waals surface area contributed by atoms with Crippen molar-refractivity contribution in [2.24, 2.45) is 0 Å². The Bertz CT molecular complexity index is 389. The molecule has 2 rings (SSSR count). The van der Waals surface area contributed by atoms with Crippen LogP contribution in [-0.2, 0) is 0 Å². The molecule has 0 saturated carbocycles. The third-order valence-corrected chi connectivity index (χ3v) is 1.63. The highest BCUT2D eigenvalue weighted by atomic mass is 15.1. The Kier molecular flexibility index (Phi) is 1.18. The van der Waals surface area contributed by atoms with E-state index in [1.54, 1.807) is 0 Å². The largest absolute Gasteiger partial charge is 0.357 e. The zero-order chi connectivity index (χ0) is 7.84. The average molecular weight is 147 g/mol. The van der Waals surface area contributed by atoms with Gasteiger partial charge in [-0.05, 0) is 26.0 Å². The van der Waals surface area contributed by atoms with Crippen LogP contribution in [0.5, 0.6) is 0 Å². The SMILES string of the molecule is Cc1cc2[nH]c(C)cc2nn1. The van der Waals surface area contributed by atoms with Crippen LogP contribution in [0.1, 0.15) is 11.4 Å². The van der Waals surface area contributed by atoms with Gasteiger partial charge in [0.2, 0.25) is 0 Å². The number of nitrogens with one attached hydrogen (secondary N) is 1. The number of aromatic amines is 1. The fraction of sp³-hybridized carbons (Fsp3) is 0.250. The predicted octanol–water partition coefficient (Wildman–Crippen LogP) is 1.57. The minimum absolute atomic E-state index is 0.938. The van der Waals surface area contributed by atoms with Crippen molar-refractivity contribution in [2.75, 3.05) is 0 Å². The minimum atomic E-state index is 0.938. The first kappa shape index (κ1) is 6.34. The van der Waals surface area contributed by atoms with Gasteiger partial charge in [-0.1, -0.05) is 0 Å². The van der Waals surface area contributed by atoms with Gasteiger partial charge in [-0.25, -0.2) is 0 Å². The molecule has 56 valence electrons. The third kappa shape index (κ3) is 0.981. The van der Waals surface area contributed by atoms with Gasteiger partial charge in [-0.15, -0.1) is 5.10 Å². The van der Waals surface area contributed by atoms with Crippen LogP contribution >= 0.6 is 0 Å². The first-order valence-corrected chi connectivity index (χ1v) is 3.55. The number of hydrogen-bond donors (Lipinski definition) is 1. The summed E-state index contributed by atoms with van der Waals surface area (Å²) in [5.41, 5.74) is 4.07. The maximum absolute atomic E-state index is 4.02. The van der Waals surface area contributed by atoms with E-state index in [0.717, 1.165) is 22.4 Å². The van der Waals surface area contributed by atoms with E-state index in [9.17, 15) is 0 Å². The van der Waals surface area contributed by atoms with E-state index >= 15 is 0 Å². The van der Waals surface area contributed by atoms with Crippen molar-refractivity contribution in [3.05, 3.63) is 23.5 Å². The maximum atomic E-state index is 4.02. The summed E-state index contributed by atoms with van der Waals surface area (Å²) in [5, 5.41) is 7.97. The van der Waals surface area contributed by atoms with Gasteiger partial charge in [0.25, 0.3) is 0 Å². The number of nitrogens with zero attached hydrogens (tertiary/aromatic N) is 2. The molecular weight excluding hydrogens is 138 g/mol. The van der Waals surface area contributed by atoms with Gasteiger partial charge < -0.3 is 4.98 Å². The summed E-state index contributed by atoms with van der Waals surface area (Å²) in [4.78, 5) is 3.20. The molecule has 0 spiro atoms. The van der Waals surface area contributed by atoms with Crippen LogP contribution in [0.2, 0.25) is 0 Å². The normalized spacial score (nSPS) is 10.7. The lowest BCUT2D eigenvalue weighted by molar-refractivity contribution is 1.02. The molecule has 2 aromatic heterocycles. The fourth-order valence-electron chi connectivity index (χ4n) is 1.16. The molecular formula is C8H9N3. The molecule has 0 atom stereocenters. The van der Waals surface area contributed by atoms with Gasteiger partial charge >= 0.3 is 0 Å². The van der Waals surface area contributed by atoms with E-state index in [1.165, 1.54) is 0 Å². The molecule has 0 aliphatic rings. The average Bonchev–Trinajstić information content (AvgIpc) is 2.27. The van der Waals surface area contributed by atoms with Crippen LogP contribution in [0, 0.1) is 13.8 Å². The number of aromatic nitrogens is 3. The molecule has 0 radical (unpaired) electrons. The second-order valence-corrected chi connectivity index (χ2v) is 2.74. The second kappa shape index (κ2) is 2.05. The summed E-state index contributed by atoms with van der Waals surface area (Å²) >= 11 is 0. The van der Waals surface area contributed by atoms with Crippen molar-refractivity contribution < 1.29 is 0 Å². The summed E-state index contributed by atoms with van der Waals surface area (Å²) in [6.07, 6.45) is 0. The van der Waals surface area contributed by atoms with Gasteiger partial charge in [-0.2, -0.15) is 5.10 Å². The van der Waals surface area contributed by atoms with Crippen molar-refractivity contribution >= 4 is 11.0 Å². The van der Waals surface area contributed by atoms with E-state index in [-0.39, 0.29) is 0 Å². The first-order valence-electron chi connectivity index (χ1n) is 3.55. The summed E-state index contributed by atoms with van der Waals surface area (Å²) in [7, 11) is 0. The summed E-state index contributed by atoms with van der Waals surface area (Å²) < 4.78 is 0. The molecule has 2 aromatic rings. The minimum Gasteiger partial charge on any atom is -0.357 e. The number of aryl methyl sites for hydroxylation is 2. The Morgan fingerprint density at radius 3 is 2.82 bits per heavy atom. The number of rotatable bonds is 0. The van der Waals surface area contributed by atoms with E-state index in [0.29, 0.717) is 0 Å². The number of hydrogen-bond acceptors (Lipinski definition) is 2. The second-order valence-electron chi connectivity index (χ2n) is 2.74.